The SMILES string of the molecule is CC(=O)Nc1cccc(-c2cnn(CC(C)(C)O)c2)c1-c1cc(N2CC[C@@](C#N)(C3CC3)C2=O)ccn1. The Bertz CT molecular complexity index is 1410. The monoisotopic (exact) mass is 498 g/mol. The van der Waals surface area contributed by atoms with Gasteiger partial charge in [-0.2, -0.15) is 10.4 Å². The van der Waals surface area contributed by atoms with Crippen LogP contribution in [-0.2, 0) is 16.1 Å². The van der Waals surface area contributed by atoms with Crippen LogP contribution in [0.4, 0.5) is 11.4 Å². The maximum atomic E-state index is 13.4. The number of nitriles is 1. The number of carbonyl (C=O) groups excluding carboxylic acids is 2. The zero-order valence-corrected chi connectivity index (χ0v) is 21.2. The third kappa shape index (κ3) is 4.72. The van der Waals surface area contributed by atoms with Gasteiger partial charge in [-0.05, 0) is 62.8 Å². The van der Waals surface area contributed by atoms with Crippen molar-refractivity contribution in [2.45, 2.75) is 52.2 Å². The molecule has 1 aromatic carbocycles. The molecule has 1 aliphatic carbocycles. The zero-order chi connectivity index (χ0) is 26.4. The minimum Gasteiger partial charge on any atom is -0.389 e. The van der Waals surface area contributed by atoms with Crippen molar-refractivity contribution in [3.63, 3.8) is 0 Å². The van der Waals surface area contributed by atoms with Gasteiger partial charge in [0.05, 0.1) is 35.8 Å². The third-order valence-corrected chi connectivity index (χ3v) is 7.01. The van der Waals surface area contributed by atoms with E-state index >= 15 is 0 Å². The van der Waals surface area contributed by atoms with Crippen LogP contribution < -0.4 is 10.2 Å². The summed E-state index contributed by atoms with van der Waals surface area (Å²) in [5.41, 5.74) is 2.28. The van der Waals surface area contributed by atoms with Gasteiger partial charge in [-0.25, -0.2) is 0 Å². The zero-order valence-electron chi connectivity index (χ0n) is 21.2. The minimum absolute atomic E-state index is 0.141. The molecular weight excluding hydrogens is 468 g/mol. The molecule has 0 unspecified atom stereocenters. The van der Waals surface area contributed by atoms with Crippen molar-refractivity contribution in [3.05, 3.63) is 48.9 Å². The quantitative estimate of drug-likeness (QED) is 0.507. The Kier molecular flexibility index (Phi) is 6.08. The smallest absolute Gasteiger partial charge is 0.247 e. The van der Waals surface area contributed by atoms with Crippen molar-refractivity contribution < 1.29 is 14.7 Å². The molecule has 3 aromatic rings. The van der Waals surface area contributed by atoms with E-state index in [4.69, 9.17) is 0 Å². The molecule has 2 fully saturated rings. The highest BCUT2D eigenvalue weighted by Gasteiger charge is 2.56. The maximum absolute atomic E-state index is 13.4. The summed E-state index contributed by atoms with van der Waals surface area (Å²) in [5.74, 6) is -0.216. The van der Waals surface area contributed by atoms with E-state index in [-0.39, 0.29) is 17.7 Å². The normalized spacial score (nSPS) is 19.6. The standard InChI is InChI=1S/C28H30N6O3/c1-18(35)32-23-6-4-5-22(19-14-31-33(15-19)17-27(2,3)37)25(23)24-13-21(9-11-30-24)34-12-10-28(16-29,26(34)36)20-7-8-20/h4-6,9,11,13-15,20,37H,7-8,10,12,17H2,1-3H3,(H,32,35)/t28-/m1/s1. The maximum Gasteiger partial charge on any atom is 0.247 e. The second-order valence-corrected chi connectivity index (χ2v) is 10.6. The molecule has 0 radical (unpaired) electrons. The highest BCUT2D eigenvalue weighted by molar-refractivity contribution is 6.03. The summed E-state index contributed by atoms with van der Waals surface area (Å²) in [6.45, 7) is 5.69. The Morgan fingerprint density at radius 3 is 2.78 bits per heavy atom. The van der Waals surface area contributed by atoms with Crippen molar-refractivity contribution in [1.29, 1.82) is 5.26 Å². The van der Waals surface area contributed by atoms with Crippen LogP contribution in [0.2, 0.25) is 0 Å². The van der Waals surface area contributed by atoms with Gasteiger partial charge in [-0.15, -0.1) is 0 Å². The largest absolute Gasteiger partial charge is 0.389 e. The highest BCUT2D eigenvalue weighted by Crippen LogP contribution is 2.52. The predicted molar refractivity (Wildman–Crippen MR) is 139 cm³/mol. The van der Waals surface area contributed by atoms with Gasteiger partial charge >= 0.3 is 0 Å². The summed E-state index contributed by atoms with van der Waals surface area (Å²) in [7, 11) is 0. The fraction of sp³-hybridized carbons (Fsp3) is 0.393. The number of benzene rings is 1. The lowest BCUT2D eigenvalue weighted by atomic mass is 9.83. The van der Waals surface area contributed by atoms with Crippen molar-refractivity contribution in [3.8, 4) is 28.5 Å². The van der Waals surface area contributed by atoms with Crippen LogP contribution in [0.15, 0.2) is 48.9 Å². The summed E-state index contributed by atoms with van der Waals surface area (Å²) < 4.78 is 1.68. The van der Waals surface area contributed by atoms with E-state index in [0.717, 1.165) is 24.0 Å². The van der Waals surface area contributed by atoms with Gasteiger partial charge in [-0.3, -0.25) is 19.3 Å². The van der Waals surface area contributed by atoms with E-state index in [0.29, 0.717) is 42.1 Å². The van der Waals surface area contributed by atoms with Crippen LogP contribution in [0.5, 0.6) is 0 Å². The number of nitrogens with zero attached hydrogens (tertiary/aromatic N) is 5. The summed E-state index contributed by atoms with van der Waals surface area (Å²) in [4.78, 5) is 31.7. The molecule has 9 nitrogen and oxygen atoms in total. The first-order valence-electron chi connectivity index (χ1n) is 12.5. The topological polar surface area (TPSA) is 124 Å². The average Bonchev–Trinajstić information content (AvgIpc) is 3.51. The molecule has 1 atom stereocenters. The first kappa shape index (κ1) is 24.7. The van der Waals surface area contributed by atoms with E-state index in [1.807, 2.05) is 30.5 Å². The molecule has 9 heteroatoms. The molecule has 3 heterocycles. The first-order chi connectivity index (χ1) is 17.6. The van der Waals surface area contributed by atoms with Crippen LogP contribution in [0.25, 0.3) is 22.4 Å². The van der Waals surface area contributed by atoms with Gasteiger partial charge in [0.25, 0.3) is 0 Å². The van der Waals surface area contributed by atoms with Crippen LogP contribution in [0.3, 0.4) is 0 Å². The molecule has 5 rings (SSSR count). The number of pyridine rings is 1. The number of rotatable bonds is 7. The van der Waals surface area contributed by atoms with E-state index in [9.17, 15) is 20.0 Å². The first-order valence-corrected chi connectivity index (χ1v) is 12.5. The molecule has 1 saturated heterocycles. The van der Waals surface area contributed by atoms with Gasteiger partial charge in [0.2, 0.25) is 11.8 Å². The fourth-order valence-corrected chi connectivity index (χ4v) is 5.21. The lowest BCUT2D eigenvalue weighted by Gasteiger charge is -2.22. The predicted octanol–water partition coefficient (Wildman–Crippen LogP) is 4.00. The Hall–Kier alpha value is -4.03. The van der Waals surface area contributed by atoms with E-state index < -0.39 is 11.0 Å². The van der Waals surface area contributed by atoms with Crippen LogP contribution in [0, 0.1) is 22.7 Å². The molecular formula is C28H30N6O3. The van der Waals surface area contributed by atoms with Gasteiger partial charge in [-0.1, -0.05) is 12.1 Å². The second kappa shape index (κ2) is 9.12. The van der Waals surface area contributed by atoms with E-state index in [1.165, 1.54) is 6.92 Å². The summed E-state index contributed by atoms with van der Waals surface area (Å²) in [6, 6.07) is 11.5. The molecule has 2 amide bonds. The number of hydrogen-bond donors (Lipinski definition) is 2. The van der Waals surface area contributed by atoms with Crippen LogP contribution in [0.1, 0.15) is 40.0 Å². The van der Waals surface area contributed by atoms with Crippen molar-refractivity contribution in [2.75, 3.05) is 16.8 Å². The number of nitrogens with one attached hydrogen (secondary N) is 1. The van der Waals surface area contributed by atoms with Crippen LogP contribution >= 0.6 is 0 Å². The molecule has 2 aliphatic rings. The lowest BCUT2D eigenvalue weighted by molar-refractivity contribution is -0.123. The molecule has 0 spiro atoms. The molecule has 0 bridgehead atoms. The Morgan fingerprint density at radius 1 is 1.32 bits per heavy atom. The van der Waals surface area contributed by atoms with Gasteiger partial charge in [0.1, 0.15) is 5.41 Å². The fourth-order valence-electron chi connectivity index (χ4n) is 5.21. The van der Waals surface area contributed by atoms with E-state index in [1.54, 1.807) is 41.9 Å². The molecule has 37 heavy (non-hydrogen) atoms. The highest BCUT2D eigenvalue weighted by atomic mass is 16.3. The second-order valence-electron chi connectivity index (χ2n) is 10.6. The van der Waals surface area contributed by atoms with Gasteiger partial charge in [0, 0.05) is 42.7 Å². The summed E-state index contributed by atoms with van der Waals surface area (Å²) in [5, 5.41) is 27.4. The summed E-state index contributed by atoms with van der Waals surface area (Å²) in [6.07, 6.45) is 7.57. The number of anilines is 2. The minimum atomic E-state index is -0.933. The summed E-state index contributed by atoms with van der Waals surface area (Å²) >= 11 is 0. The Balaban J connectivity index is 1.57. The number of hydrogen-bond acceptors (Lipinski definition) is 6. The van der Waals surface area contributed by atoms with Crippen molar-refractivity contribution in [1.82, 2.24) is 14.8 Å². The number of carbonyl (C=O) groups is 2. The number of aromatic nitrogens is 3. The van der Waals surface area contributed by atoms with E-state index in [2.05, 4.69) is 21.5 Å². The molecule has 1 aliphatic heterocycles. The van der Waals surface area contributed by atoms with Crippen molar-refractivity contribution in [2.24, 2.45) is 11.3 Å². The average molecular weight is 499 g/mol. The van der Waals surface area contributed by atoms with Crippen molar-refractivity contribution >= 4 is 23.2 Å². The van der Waals surface area contributed by atoms with Crippen LogP contribution in [-0.4, -0.2) is 43.8 Å². The van der Waals surface area contributed by atoms with Gasteiger partial charge in [0.15, 0.2) is 0 Å². The lowest BCUT2D eigenvalue weighted by Crippen LogP contribution is -2.35. The molecule has 190 valence electrons. The number of aliphatic hydroxyl groups is 1. The molecule has 1 saturated carbocycles. The third-order valence-electron chi connectivity index (χ3n) is 7.01. The number of amides is 2. The Morgan fingerprint density at radius 2 is 2.11 bits per heavy atom. The molecule has 2 N–H and O–H groups in total. The van der Waals surface area contributed by atoms with Gasteiger partial charge < -0.3 is 15.3 Å². The molecule has 2 aromatic heterocycles. The Labute approximate surface area is 215 Å².